The predicted molar refractivity (Wildman–Crippen MR) is 98.9 cm³/mol. The lowest BCUT2D eigenvalue weighted by atomic mass is 10.1. The number of anilines is 2. The van der Waals surface area contributed by atoms with Crippen molar-refractivity contribution in [3.05, 3.63) is 59.3 Å². The third-order valence-corrected chi connectivity index (χ3v) is 4.81. The fraction of sp³-hybridized carbons (Fsp3) is 0.200. The molecule has 1 N–H and O–H groups in total. The van der Waals surface area contributed by atoms with Crippen LogP contribution < -0.4 is 10.2 Å². The van der Waals surface area contributed by atoms with E-state index in [1.807, 2.05) is 25.2 Å². The summed E-state index contributed by atoms with van der Waals surface area (Å²) in [6.07, 6.45) is 0. The van der Waals surface area contributed by atoms with Gasteiger partial charge >= 0.3 is 0 Å². The van der Waals surface area contributed by atoms with Crippen molar-refractivity contribution >= 4 is 34.1 Å². The Morgan fingerprint density at radius 1 is 1.12 bits per heavy atom. The number of hydrogen-bond donors (Lipinski definition) is 1. The van der Waals surface area contributed by atoms with Gasteiger partial charge in [-0.15, -0.1) is 0 Å². The summed E-state index contributed by atoms with van der Waals surface area (Å²) in [6.45, 7) is 4.07. The quantitative estimate of drug-likeness (QED) is 0.779. The van der Waals surface area contributed by atoms with Gasteiger partial charge in [0.15, 0.2) is 0 Å². The first-order chi connectivity index (χ1) is 11.9. The highest BCUT2D eigenvalue weighted by Gasteiger charge is 2.29. The monoisotopic (exact) mass is 333 g/mol. The van der Waals surface area contributed by atoms with Gasteiger partial charge in [0.05, 0.1) is 6.54 Å². The fourth-order valence-corrected chi connectivity index (χ4v) is 3.43. The molecule has 5 nitrogen and oxygen atoms in total. The number of benzene rings is 2. The molecule has 2 heterocycles. The van der Waals surface area contributed by atoms with Crippen molar-refractivity contribution in [3.63, 3.8) is 0 Å². The van der Waals surface area contributed by atoms with Crippen LogP contribution in [0.2, 0.25) is 0 Å². The summed E-state index contributed by atoms with van der Waals surface area (Å²) in [6, 6.07) is 13.7. The SMILES string of the molecule is CC(=O)Nc1ccc2c(c1)C(=O)N(c1ccc3c(c1)cc(C)n3C)C2. The molecule has 1 aliphatic heterocycles. The topological polar surface area (TPSA) is 54.3 Å². The average Bonchev–Trinajstić information content (AvgIpc) is 3.04. The van der Waals surface area contributed by atoms with Gasteiger partial charge in [0.25, 0.3) is 5.91 Å². The van der Waals surface area contributed by atoms with Gasteiger partial charge < -0.3 is 14.8 Å². The molecular weight excluding hydrogens is 314 g/mol. The van der Waals surface area contributed by atoms with E-state index in [9.17, 15) is 9.59 Å². The minimum Gasteiger partial charge on any atom is -0.348 e. The lowest BCUT2D eigenvalue weighted by Crippen LogP contribution is -2.22. The molecule has 0 saturated carbocycles. The molecule has 5 heteroatoms. The number of hydrogen-bond acceptors (Lipinski definition) is 2. The van der Waals surface area contributed by atoms with Crippen molar-refractivity contribution in [2.45, 2.75) is 20.4 Å². The molecule has 1 aromatic heterocycles. The highest BCUT2D eigenvalue weighted by Crippen LogP contribution is 2.32. The molecule has 0 bridgehead atoms. The van der Waals surface area contributed by atoms with Crippen LogP contribution in [0.5, 0.6) is 0 Å². The van der Waals surface area contributed by atoms with Crippen LogP contribution in [0, 0.1) is 6.92 Å². The van der Waals surface area contributed by atoms with E-state index < -0.39 is 0 Å². The molecule has 25 heavy (non-hydrogen) atoms. The van der Waals surface area contributed by atoms with Crippen LogP contribution in [0.1, 0.15) is 28.5 Å². The Kier molecular flexibility index (Phi) is 3.39. The number of amides is 2. The lowest BCUT2D eigenvalue weighted by Gasteiger charge is -2.16. The number of nitrogens with one attached hydrogen (secondary N) is 1. The maximum Gasteiger partial charge on any atom is 0.259 e. The second-order valence-electron chi connectivity index (χ2n) is 6.53. The van der Waals surface area contributed by atoms with E-state index in [1.54, 1.807) is 11.0 Å². The zero-order chi connectivity index (χ0) is 17.7. The number of carbonyl (C=O) groups is 2. The number of carbonyl (C=O) groups excluding carboxylic acids is 2. The minimum atomic E-state index is -0.146. The summed E-state index contributed by atoms with van der Waals surface area (Å²) >= 11 is 0. The molecule has 0 unspecified atom stereocenters. The first-order valence-electron chi connectivity index (χ1n) is 8.22. The van der Waals surface area contributed by atoms with Crippen LogP contribution in [0.15, 0.2) is 42.5 Å². The van der Waals surface area contributed by atoms with Gasteiger partial charge in [0.1, 0.15) is 0 Å². The van der Waals surface area contributed by atoms with Gasteiger partial charge in [-0.25, -0.2) is 0 Å². The summed E-state index contributed by atoms with van der Waals surface area (Å²) in [5, 5.41) is 3.86. The third-order valence-electron chi connectivity index (χ3n) is 4.81. The highest BCUT2D eigenvalue weighted by atomic mass is 16.2. The van der Waals surface area contributed by atoms with Crippen molar-refractivity contribution in [1.82, 2.24) is 4.57 Å². The Hall–Kier alpha value is -3.08. The fourth-order valence-electron chi connectivity index (χ4n) is 3.43. The molecule has 0 aliphatic carbocycles. The molecule has 0 saturated heterocycles. The molecule has 126 valence electrons. The van der Waals surface area contributed by atoms with Gasteiger partial charge in [-0.3, -0.25) is 9.59 Å². The van der Waals surface area contributed by atoms with Gasteiger partial charge in [-0.05, 0) is 48.9 Å². The molecule has 0 spiro atoms. The Labute approximate surface area is 145 Å². The Morgan fingerprint density at radius 3 is 2.68 bits per heavy atom. The average molecular weight is 333 g/mol. The van der Waals surface area contributed by atoms with Gasteiger partial charge in [-0.2, -0.15) is 0 Å². The van der Waals surface area contributed by atoms with Crippen LogP contribution in [0.4, 0.5) is 11.4 Å². The van der Waals surface area contributed by atoms with E-state index in [4.69, 9.17) is 0 Å². The van der Waals surface area contributed by atoms with Gasteiger partial charge in [0, 0.05) is 47.5 Å². The summed E-state index contributed by atoms with van der Waals surface area (Å²) in [7, 11) is 2.04. The van der Waals surface area contributed by atoms with E-state index in [2.05, 4.69) is 35.0 Å². The summed E-state index contributed by atoms with van der Waals surface area (Å²) in [5.74, 6) is -0.179. The van der Waals surface area contributed by atoms with E-state index in [0.717, 1.165) is 22.2 Å². The van der Waals surface area contributed by atoms with E-state index in [-0.39, 0.29) is 11.8 Å². The van der Waals surface area contributed by atoms with Crippen molar-refractivity contribution in [2.75, 3.05) is 10.2 Å². The summed E-state index contributed by atoms with van der Waals surface area (Å²) in [4.78, 5) is 25.9. The molecule has 2 amide bonds. The first-order valence-corrected chi connectivity index (χ1v) is 8.22. The van der Waals surface area contributed by atoms with Crippen molar-refractivity contribution in [3.8, 4) is 0 Å². The van der Waals surface area contributed by atoms with Crippen LogP contribution in [0.3, 0.4) is 0 Å². The van der Waals surface area contributed by atoms with Gasteiger partial charge in [-0.1, -0.05) is 6.07 Å². The second kappa shape index (κ2) is 5.48. The smallest absolute Gasteiger partial charge is 0.259 e. The summed E-state index contributed by atoms with van der Waals surface area (Å²) in [5.41, 5.74) is 5.50. The zero-order valence-corrected chi connectivity index (χ0v) is 14.5. The normalized spacial score (nSPS) is 13.4. The van der Waals surface area contributed by atoms with E-state index in [1.165, 1.54) is 12.6 Å². The van der Waals surface area contributed by atoms with Crippen LogP contribution in [-0.2, 0) is 18.4 Å². The van der Waals surface area contributed by atoms with Crippen molar-refractivity contribution in [1.29, 1.82) is 0 Å². The lowest BCUT2D eigenvalue weighted by molar-refractivity contribution is -0.114. The Balaban J connectivity index is 1.70. The van der Waals surface area contributed by atoms with Crippen molar-refractivity contribution in [2.24, 2.45) is 7.05 Å². The van der Waals surface area contributed by atoms with Crippen LogP contribution >= 0.6 is 0 Å². The molecule has 0 radical (unpaired) electrons. The molecule has 3 aromatic rings. The van der Waals surface area contributed by atoms with E-state index >= 15 is 0 Å². The number of fused-ring (bicyclic) bond motifs is 2. The van der Waals surface area contributed by atoms with Crippen molar-refractivity contribution < 1.29 is 9.59 Å². The number of rotatable bonds is 2. The second-order valence-corrected chi connectivity index (χ2v) is 6.53. The number of aromatic nitrogens is 1. The van der Waals surface area contributed by atoms with Gasteiger partial charge in [0.2, 0.25) is 5.91 Å². The Morgan fingerprint density at radius 2 is 1.92 bits per heavy atom. The largest absolute Gasteiger partial charge is 0.348 e. The maximum atomic E-state index is 12.9. The standard InChI is InChI=1S/C20H19N3O2/c1-12-8-15-9-17(6-7-19(15)22(12)3)23-11-14-4-5-16(21-13(2)24)10-18(14)20(23)25/h4-10H,11H2,1-3H3,(H,21,24). The van der Waals surface area contributed by atoms with Crippen LogP contribution in [-0.4, -0.2) is 16.4 Å². The Bertz CT molecular complexity index is 1030. The predicted octanol–water partition coefficient (Wildman–Crippen LogP) is 3.61. The molecule has 4 rings (SSSR count). The molecule has 0 atom stereocenters. The molecule has 2 aromatic carbocycles. The zero-order valence-electron chi connectivity index (χ0n) is 14.5. The number of nitrogens with zero attached hydrogens (tertiary/aromatic N) is 2. The molecule has 0 fully saturated rings. The van der Waals surface area contributed by atoms with E-state index in [0.29, 0.717) is 17.8 Å². The highest BCUT2D eigenvalue weighted by molar-refractivity contribution is 6.11. The first kappa shape index (κ1) is 15.4. The maximum absolute atomic E-state index is 12.9. The molecule has 1 aliphatic rings. The summed E-state index contributed by atoms with van der Waals surface area (Å²) < 4.78 is 2.14. The number of aryl methyl sites for hydroxylation is 2. The third kappa shape index (κ3) is 2.48. The molecular formula is C20H19N3O2. The van der Waals surface area contributed by atoms with Crippen LogP contribution in [0.25, 0.3) is 10.9 Å². The minimum absolute atomic E-state index is 0.0331.